The van der Waals surface area contributed by atoms with Crippen molar-refractivity contribution in [3.63, 3.8) is 0 Å². The van der Waals surface area contributed by atoms with Crippen LogP contribution >= 0.6 is 0 Å². The third kappa shape index (κ3) is 1.86. The predicted octanol–water partition coefficient (Wildman–Crippen LogP) is 3.35. The molecule has 4 heteroatoms. The van der Waals surface area contributed by atoms with Crippen LogP contribution in [0, 0.1) is 17.5 Å². The zero-order valence-corrected chi connectivity index (χ0v) is 8.18. The van der Waals surface area contributed by atoms with Crippen molar-refractivity contribution < 1.29 is 13.2 Å². The minimum atomic E-state index is -1.20. The molecule has 2 rings (SSSR count). The van der Waals surface area contributed by atoms with Crippen LogP contribution in [-0.2, 0) is 0 Å². The maximum absolute atomic E-state index is 13.4. The number of halogens is 3. The van der Waals surface area contributed by atoms with Crippen molar-refractivity contribution in [2.24, 2.45) is 0 Å². The third-order valence-electron chi connectivity index (χ3n) is 2.21. The summed E-state index contributed by atoms with van der Waals surface area (Å²) in [4.78, 5) is 0. The SMILES string of the molecule is Nc1cccc(-c2cc(F)c(F)cc2F)c1. The fraction of sp³-hybridized carbons (Fsp3) is 0. The minimum absolute atomic E-state index is 0.00815. The van der Waals surface area contributed by atoms with Crippen molar-refractivity contribution in [2.45, 2.75) is 0 Å². The standard InChI is InChI=1S/C12H8F3N/c13-10-6-12(15)11(14)5-9(10)7-2-1-3-8(16)4-7/h1-6H,16H2. The van der Waals surface area contributed by atoms with Crippen molar-refractivity contribution in [1.82, 2.24) is 0 Å². The molecule has 0 bridgehead atoms. The van der Waals surface area contributed by atoms with Crippen LogP contribution in [0.4, 0.5) is 18.9 Å². The molecule has 0 saturated carbocycles. The van der Waals surface area contributed by atoms with E-state index in [2.05, 4.69) is 0 Å². The van der Waals surface area contributed by atoms with Gasteiger partial charge in [0, 0.05) is 17.3 Å². The van der Waals surface area contributed by atoms with E-state index < -0.39 is 17.5 Å². The number of hydrogen-bond acceptors (Lipinski definition) is 1. The van der Waals surface area contributed by atoms with Crippen LogP contribution in [0.1, 0.15) is 0 Å². The van der Waals surface area contributed by atoms with Gasteiger partial charge < -0.3 is 5.73 Å². The first-order chi connectivity index (χ1) is 7.58. The van der Waals surface area contributed by atoms with Crippen molar-refractivity contribution >= 4 is 5.69 Å². The highest BCUT2D eigenvalue weighted by Crippen LogP contribution is 2.26. The topological polar surface area (TPSA) is 26.0 Å². The minimum Gasteiger partial charge on any atom is -0.399 e. The summed E-state index contributed by atoms with van der Waals surface area (Å²) < 4.78 is 39.1. The van der Waals surface area contributed by atoms with E-state index in [0.717, 1.165) is 6.07 Å². The molecule has 1 nitrogen and oxygen atoms in total. The van der Waals surface area contributed by atoms with Gasteiger partial charge in [-0.3, -0.25) is 0 Å². The summed E-state index contributed by atoms with van der Waals surface area (Å²) in [5, 5.41) is 0. The molecular weight excluding hydrogens is 215 g/mol. The molecule has 0 fully saturated rings. The van der Waals surface area contributed by atoms with Gasteiger partial charge in [-0.1, -0.05) is 12.1 Å². The van der Waals surface area contributed by atoms with Gasteiger partial charge in [0.2, 0.25) is 0 Å². The first-order valence-corrected chi connectivity index (χ1v) is 4.58. The van der Waals surface area contributed by atoms with E-state index in [1.54, 1.807) is 18.2 Å². The Hall–Kier alpha value is -1.97. The molecule has 16 heavy (non-hydrogen) atoms. The molecular formula is C12H8F3N. The van der Waals surface area contributed by atoms with E-state index in [0.29, 0.717) is 17.3 Å². The van der Waals surface area contributed by atoms with Crippen molar-refractivity contribution in [3.05, 3.63) is 53.8 Å². The lowest BCUT2D eigenvalue weighted by Gasteiger charge is -2.05. The lowest BCUT2D eigenvalue weighted by molar-refractivity contribution is 0.496. The quantitative estimate of drug-likeness (QED) is 0.582. The molecule has 0 radical (unpaired) electrons. The maximum atomic E-state index is 13.4. The highest BCUT2D eigenvalue weighted by atomic mass is 19.2. The molecule has 0 heterocycles. The zero-order valence-electron chi connectivity index (χ0n) is 8.18. The molecule has 0 aliphatic heterocycles. The highest BCUT2D eigenvalue weighted by Gasteiger charge is 2.11. The second-order valence-corrected chi connectivity index (χ2v) is 3.37. The van der Waals surface area contributed by atoms with Gasteiger partial charge in [-0.05, 0) is 23.8 Å². The number of hydrogen-bond donors (Lipinski definition) is 1. The van der Waals surface area contributed by atoms with Gasteiger partial charge >= 0.3 is 0 Å². The molecule has 0 atom stereocenters. The Bertz CT molecular complexity index is 538. The smallest absolute Gasteiger partial charge is 0.161 e. The average Bonchev–Trinajstić information content (AvgIpc) is 2.23. The van der Waals surface area contributed by atoms with Gasteiger partial charge in [-0.2, -0.15) is 0 Å². The van der Waals surface area contributed by atoms with Crippen LogP contribution in [0.3, 0.4) is 0 Å². The fourth-order valence-corrected chi connectivity index (χ4v) is 1.45. The summed E-state index contributed by atoms with van der Waals surface area (Å²) in [6, 6.07) is 7.65. The van der Waals surface area contributed by atoms with Gasteiger partial charge in [0.25, 0.3) is 0 Å². The Morgan fingerprint density at radius 2 is 1.50 bits per heavy atom. The molecule has 0 unspecified atom stereocenters. The van der Waals surface area contributed by atoms with Gasteiger partial charge in [-0.25, -0.2) is 13.2 Å². The Morgan fingerprint density at radius 3 is 2.19 bits per heavy atom. The summed E-state index contributed by atoms with van der Waals surface area (Å²) in [6.45, 7) is 0. The summed E-state index contributed by atoms with van der Waals surface area (Å²) in [5.41, 5.74) is 6.36. The summed E-state index contributed by atoms with van der Waals surface area (Å²) >= 11 is 0. The molecule has 0 aliphatic carbocycles. The normalized spacial score (nSPS) is 10.4. The number of benzene rings is 2. The predicted molar refractivity (Wildman–Crippen MR) is 56.2 cm³/mol. The first kappa shape index (κ1) is 10.5. The Labute approximate surface area is 90.3 Å². The second-order valence-electron chi connectivity index (χ2n) is 3.37. The van der Waals surface area contributed by atoms with Crippen molar-refractivity contribution in [2.75, 3.05) is 5.73 Å². The van der Waals surface area contributed by atoms with Crippen LogP contribution < -0.4 is 5.73 Å². The van der Waals surface area contributed by atoms with E-state index in [1.165, 1.54) is 6.07 Å². The van der Waals surface area contributed by atoms with Gasteiger partial charge in [0.15, 0.2) is 11.6 Å². The Morgan fingerprint density at radius 1 is 0.812 bits per heavy atom. The maximum Gasteiger partial charge on any atom is 0.161 e. The van der Waals surface area contributed by atoms with Crippen LogP contribution in [0.15, 0.2) is 36.4 Å². The van der Waals surface area contributed by atoms with Crippen LogP contribution in [0.2, 0.25) is 0 Å². The molecule has 2 N–H and O–H groups in total. The van der Waals surface area contributed by atoms with E-state index in [1.807, 2.05) is 0 Å². The Kier molecular flexibility index (Phi) is 2.56. The fourth-order valence-electron chi connectivity index (χ4n) is 1.45. The molecule has 0 aliphatic rings. The Balaban J connectivity index is 2.60. The van der Waals surface area contributed by atoms with Gasteiger partial charge in [0.05, 0.1) is 0 Å². The zero-order chi connectivity index (χ0) is 11.7. The summed E-state index contributed by atoms with van der Waals surface area (Å²) in [5.74, 6) is -3.10. The number of anilines is 1. The molecule has 0 spiro atoms. The van der Waals surface area contributed by atoms with E-state index in [-0.39, 0.29) is 5.56 Å². The average molecular weight is 223 g/mol. The molecule has 0 saturated heterocycles. The molecule has 82 valence electrons. The van der Waals surface area contributed by atoms with Gasteiger partial charge in [0.1, 0.15) is 5.82 Å². The first-order valence-electron chi connectivity index (χ1n) is 4.58. The van der Waals surface area contributed by atoms with Crippen molar-refractivity contribution in [3.8, 4) is 11.1 Å². The lowest BCUT2D eigenvalue weighted by atomic mass is 10.0. The molecule has 2 aromatic rings. The third-order valence-corrected chi connectivity index (χ3v) is 2.21. The monoisotopic (exact) mass is 223 g/mol. The number of rotatable bonds is 1. The second kappa shape index (κ2) is 3.89. The van der Waals surface area contributed by atoms with E-state index in [9.17, 15) is 13.2 Å². The van der Waals surface area contributed by atoms with E-state index in [4.69, 9.17) is 5.73 Å². The number of nitrogen functional groups attached to an aromatic ring is 1. The lowest BCUT2D eigenvalue weighted by Crippen LogP contribution is -1.92. The van der Waals surface area contributed by atoms with E-state index >= 15 is 0 Å². The molecule has 0 aromatic heterocycles. The van der Waals surface area contributed by atoms with Crippen molar-refractivity contribution in [1.29, 1.82) is 0 Å². The molecule has 0 amide bonds. The highest BCUT2D eigenvalue weighted by molar-refractivity contribution is 5.67. The van der Waals surface area contributed by atoms with Crippen LogP contribution in [0.25, 0.3) is 11.1 Å². The van der Waals surface area contributed by atoms with Gasteiger partial charge in [-0.15, -0.1) is 0 Å². The van der Waals surface area contributed by atoms with Crippen LogP contribution in [0.5, 0.6) is 0 Å². The summed E-state index contributed by atoms with van der Waals surface area (Å²) in [6.07, 6.45) is 0. The van der Waals surface area contributed by atoms with Crippen LogP contribution in [-0.4, -0.2) is 0 Å². The largest absolute Gasteiger partial charge is 0.399 e. The molecule has 2 aromatic carbocycles. The number of nitrogens with two attached hydrogens (primary N) is 1. The summed E-state index contributed by atoms with van der Waals surface area (Å²) in [7, 11) is 0.